The van der Waals surface area contributed by atoms with Crippen LogP contribution in [-0.4, -0.2) is 5.78 Å². The van der Waals surface area contributed by atoms with E-state index in [2.05, 4.69) is 13.8 Å². The first kappa shape index (κ1) is 13.7. The van der Waals surface area contributed by atoms with Crippen molar-refractivity contribution in [2.24, 2.45) is 5.92 Å². The van der Waals surface area contributed by atoms with Gasteiger partial charge in [-0.1, -0.05) is 43.7 Å². The largest absolute Gasteiger partial charge is 0.295 e. The van der Waals surface area contributed by atoms with Gasteiger partial charge in [0.1, 0.15) is 5.83 Å². The molecule has 0 spiro atoms. The molecule has 1 aliphatic rings. The van der Waals surface area contributed by atoms with Crippen molar-refractivity contribution in [2.75, 3.05) is 0 Å². The Kier molecular flexibility index (Phi) is 3.70. The van der Waals surface area contributed by atoms with Crippen molar-refractivity contribution in [1.29, 1.82) is 0 Å². The Morgan fingerprint density at radius 2 is 1.79 bits per heavy atom. The first-order valence-corrected chi connectivity index (χ1v) is 6.61. The topological polar surface area (TPSA) is 17.1 Å². The van der Waals surface area contributed by atoms with Crippen LogP contribution in [0.2, 0.25) is 0 Å². The van der Waals surface area contributed by atoms with Crippen molar-refractivity contribution in [3.63, 3.8) is 0 Å². The molecule has 0 N–H and O–H groups in total. The highest BCUT2D eigenvalue weighted by Crippen LogP contribution is 2.41. The highest BCUT2D eigenvalue weighted by atomic mass is 19.1. The lowest BCUT2D eigenvalue weighted by atomic mass is 9.95. The van der Waals surface area contributed by atoms with Gasteiger partial charge in [0.25, 0.3) is 0 Å². The Morgan fingerprint density at radius 1 is 1.21 bits per heavy atom. The van der Waals surface area contributed by atoms with E-state index in [9.17, 15) is 9.18 Å². The summed E-state index contributed by atoms with van der Waals surface area (Å²) in [6.45, 7) is 7.57. The van der Waals surface area contributed by atoms with Crippen molar-refractivity contribution in [3.8, 4) is 0 Å². The lowest BCUT2D eigenvalue weighted by Crippen LogP contribution is -1.94. The summed E-state index contributed by atoms with van der Waals surface area (Å²) in [4.78, 5) is 11.2. The standard InChI is InChI=1S/C17H19FO/c1-10(2)15-9-16(17(18)11(15)3)14-7-5-13(6-8-14)12(4)19/h5-8,10H,9H2,1-4H3. The molecule has 0 saturated heterocycles. The van der Waals surface area contributed by atoms with Crippen LogP contribution in [0.5, 0.6) is 0 Å². The summed E-state index contributed by atoms with van der Waals surface area (Å²) in [5.74, 6) is 0.295. The molecule has 0 atom stereocenters. The summed E-state index contributed by atoms with van der Waals surface area (Å²) in [5.41, 5.74) is 4.23. The van der Waals surface area contributed by atoms with E-state index in [0.717, 1.165) is 16.7 Å². The van der Waals surface area contributed by atoms with Crippen LogP contribution in [0, 0.1) is 5.92 Å². The molecule has 0 saturated carbocycles. The molecule has 1 nitrogen and oxygen atoms in total. The third kappa shape index (κ3) is 2.53. The maximum atomic E-state index is 14.3. The summed E-state index contributed by atoms with van der Waals surface area (Å²) in [5, 5.41) is 0. The molecule has 1 aromatic carbocycles. The van der Waals surface area contributed by atoms with Crippen molar-refractivity contribution < 1.29 is 9.18 Å². The minimum absolute atomic E-state index is 0.0320. The first-order chi connectivity index (χ1) is 8.91. The predicted molar refractivity (Wildman–Crippen MR) is 76.6 cm³/mol. The van der Waals surface area contributed by atoms with Crippen LogP contribution in [0.1, 0.15) is 50.0 Å². The quantitative estimate of drug-likeness (QED) is 0.701. The molecule has 0 fully saturated rings. The van der Waals surface area contributed by atoms with E-state index in [4.69, 9.17) is 0 Å². The van der Waals surface area contributed by atoms with E-state index in [-0.39, 0.29) is 11.6 Å². The number of rotatable bonds is 3. The Labute approximate surface area is 113 Å². The van der Waals surface area contributed by atoms with Crippen LogP contribution >= 0.6 is 0 Å². The van der Waals surface area contributed by atoms with E-state index in [1.54, 1.807) is 12.1 Å². The highest BCUT2D eigenvalue weighted by molar-refractivity contribution is 5.94. The molecule has 0 amide bonds. The second-order valence-corrected chi connectivity index (χ2v) is 5.41. The third-order valence-corrected chi connectivity index (χ3v) is 3.78. The molecule has 0 unspecified atom stereocenters. The maximum Gasteiger partial charge on any atom is 0.159 e. The molecule has 1 aromatic rings. The van der Waals surface area contributed by atoms with Crippen LogP contribution in [0.3, 0.4) is 0 Å². The monoisotopic (exact) mass is 258 g/mol. The van der Waals surface area contributed by atoms with Crippen LogP contribution in [0.4, 0.5) is 4.39 Å². The van der Waals surface area contributed by atoms with Crippen molar-refractivity contribution >= 4 is 11.4 Å². The zero-order chi connectivity index (χ0) is 14.2. The van der Waals surface area contributed by atoms with Gasteiger partial charge in [-0.15, -0.1) is 0 Å². The summed E-state index contributed by atoms with van der Waals surface area (Å²) in [6, 6.07) is 7.20. The number of ketones is 1. The van der Waals surface area contributed by atoms with Crippen LogP contribution < -0.4 is 0 Å². The van der Waals surface area contributed by atoms with Gasteiger partial charge in [-0.05, 0) is 42.9 Å². The number of carbonyl (C=O) groups excluding carboxylic acids is 1. The molecular formula is C17H19FO. The molecule has 0 aromatic heterocycles. The van der Waals surface area contributed by atoms with Gasteiger partial charge in [0.15, 0.2) is 5.78 Å². The zero-order valence-corrected chi connectivity index (χ0v) is 11.9. The number of hydrogen-bond acceptors (Lipinski definition) is 1. The van der Waals surface area contributed by atoms with Gasteiger partial charge in [-0.2, -0.15) is 0 Å². The summed E-state index contributed by atoms with van der Waals surface area (Å²) >= 11 is 0. The average molecular weight is 258 g/mol. The maximum absolute atomic E-state index is 14.3. The second-order valence-electron chi connectivity index (χ2n) is 5.41. The highest BCUT2D eigenvalue weighted by Gasteiger charge is 2.24. The average Bonchev–Trinajstić information content (AvgIpc) is 2.67. The number of carbonyl (C=O) groups is 1. The molecule has 19 heavy (non-hydrogen) atoms. The van der Waals surface area contributed by atoms with Crippen molar-refractivity contribution in [1.82, 2.24) is 0 Å². The fourth-order valence-electron chi connectivity index (χ4n) is 2.54. The molecule has 1 aliphatic carbocycles. The number of hydrogen-bond donors (Lipinski definition) is 0. The van der Waals surface area contributed by atoms with E-state index in [1.165, 1.54) is 12.5 Å². The number of Topliss-reactive ketones (excluding diaryl/α,β-unsaturated/α-hetero) is 1. The molecular weight excluding hydrogens is 239 g/mol. The van der Waals surface area contributed by atoms with Gasteiger partial charge in [0.2, 0.25) is 0 Å². The van der Waals surface area contributed by atoms with Crippen molar-refractivity contribution in [2.45, 2.75) is 34.1 Å². The molecule has 0 aliphatic heterocycles. The van der Waals surface area contributed by atoms with Crippen LogP contribution in [0.25, 0.3) is 5.57 Å². The van der Waals surface area contributed by atoms with E-state index < -0.39 is 0 Å². The van der Waals surface area contributed by atoms with Gasteiger partial charge < -0.3 is 0 Å². The van der Waals surface area contributed by atoms with Gasteiger partial charge in [-0.25, -0.2) is 4.39 Å². The fraction of sp³-hybridized carbons (Fsp3) is 0.353. The van der Waals surface area contributed by atoms with Crippen molar-refractivity contribution in [3.05, 3.63) is 52.4 Å². The van der Waals surface area contributed by atoms with Gasteiger partial charge >= 0.3 is 0 Å². The fourth-order valence-corrected chi connectivity index (χ4v) is 2.54. The van der Waals surface area contributed by atoms with Gasteiger partial charge in [0, 0.05) is 5.56 Å². The SMILES string of the molecule is CC(=O)c1ccc(C2=C(F)C(C)=C(C(C)C)C2)cc1. The third-order valence-electron chi connectivity index (χ3n) is 3.78. The second kappa shape index (κ2) is 5.12. The summed E-state index contributed by atoms with van der Waals surface area (Å²) in [7, 11) is 0. The summed E-state index contributed by atoms with van der Waals surface area (Å²) in [6.07, 6.45) is 0.675. The van der Waals surface area contributed by atoms with E-state index >= 15 is 0 Å². The summed E-state index contributed by atoms with van der Waals surface area (Å²) < 4.78 is 14.3. The smallest absolute Gasteiger partial charge is 0.159 e. The Hall–Kier alpha value is -1.70. The molecule has 100 valence electrons. The number of halogens is 1. The number of allylic oxidation sites excluding steroid dienone is 4. The predicted octanol–water partition coefficient (Wildman–Crippen LogP) is 4.95. The van der Waals surface area contributed by atoms with Crippen LogP contribution in [0.15, 0.2) is 41.2 Å². The molecule has 2 rings (SSSR count). The van der Waals surface area contributed by atoms with E-state index in [1.807, 2.05) is 19.1 Å². The Balaban J connectivity index is 2.33. The minimum Gasteiger partial charge on any atom is -0.295 e. The van der Waals surface area contributed by atoms with Crippen LogP contribution in [-0.2, 0) is 0 Å². The van der Waals surface area contributed by atoms with E-state index in [0.29, 0.717) is 17.9 Å². The Morgan fingerprint density at radius 3 is 2.21 bits per heavy atom. The lowest BCUT2D eigenvalue weighted by Gasteiger charge is -2.09. The lowest BCUT2D eigenvalue weighted by molar-refractivity contribution is 0.101. The minimum atomic E-state index is -0.0979. The Bertz CT molecular complexity index is 574. The number of benzene rings is 1. The molecule has 0 heterocycles. The first-order valence-electron chi connectivity index (χ1n) is 6.61. The zero-order valence-electron chi connectivity index (χ0n) is 11.9. The molecule has 0 radical (unpaired) electrons. The van der Waals surface area contributed by atoms with Gasteiger partial charge in [-0.3, -0.25) is 4.79 Å². The normalized spacial score (nSPS) is 15.7. The molecule has 0 bridgehead atoms. The van der Waals surface area contributed by atoms with Gasteiger partial charge in [0.05, 0.1) is 0 Å². The molecule has 2 heteroatoms.